The first-order chi connectivity index (χ1) is 9.24. The van der Waals surface area contributed by atoms with Crippen molar-refractivity contribution in [2.24, 2.45) is 0 Å². The highest BCUT2D eigenvalue weighted by atomic mass is 35.5. The van der Waals surface area contributed by atoms with Crippen molar-refractivity contribution in [2.75, 3.05) is 13.2 Å². The third kappa shape index (κ3) is 3.35. The van der Waals surface area contributed by atoms with Crippen molar-refractivity contribution in [3.8, 4) is 22.8 Å². The largest absolute Gasteiger partial charge is 0.490 e. The summed E-state index contributed by atoms with van der Waals surface area (Å²) in [6.07, 6.45) is 1.44. The van der Waals surface area contributed by atoms with Gasteiger partial charge in [0, 0.05) is 11.6 Å². The number of aromatic nitrogens is 2. The van der Waals surface area contributed by atoms with Gasteiger partial charge in [-0.15, -0.1) is 0 Å². The van der Waals surface area contributed by atoms with E-state index in [-0.39, 0.29) is 0 Å². The van der Waals surface area contributed by atoms with Crippen molar-refractivity contribution in [1.82, 2.24) is 9.97 Å². The Kier molecular flexibility index (Phi) is 4.58. The van der Waals surface area contributed by atoms with E-state index in [0.717, 1.165) is 17.0 Å². The van der Waals surface area contributed by atoms with Gasteiger partial charge in [-0.2, -0.15) is 0 Å². The van der Waals surface area contributed by atoms with Crippen LogP contribution in [0.5, 0.6) is 11.5 Å². The second-order valence-electron chi connectivity index (χ2n) is 3.75. The molecule has 0 radical (unpaired) electrons. The monoisotopic (exact) mass is 278 g/mol. The van der Waals surface area contributed by atoms with Gasteiger partial charge in [-0.1, -0.05) is 11.6 Å². The van der Waals surface area contributed by atoms with Crippen molar-refractivity contribution in [1.29, 1.82) is 0 Å². The van der Waals surface area contributed by atoms with Crippen molar-refractivity contribution in [3.05, 3.63) is 35.7 Å². The summed E-state index contributed by atoms with van der Waals surface area (Å²) in [5, 5.41) is 0.414. The molecule has 0 aliphatic carbocycles. The van der Waals surface area contributed by atoms with Crippen molar-refractivity contribution < 1.29 is 9.47 Å². The van der Waals surface area contributed by atoms with E-state index >= 15 is 0 Å². The summed E-state index contributed by atoms with van der Waals surface area (Å²) >= 11 is 5.87. The van der Waals surface area contributed by atoms with Crippen LogP contribution >= 0.6 is 11.6 Å². The maximum atomic E-state index is 5.87. The van der Waals surface area contributed by atoms with E-state index in [1.165, 1.54) is 6.33 Å². The molecular formula is C14H15ClN2O2. The van der Waals surface area contributed by atoms with Gasteiger partial charge in [0.2, 0.25) is 0 Å². The van der Waals surface area contributed by atoms with Crippen LogP contribution in [0.25, 0.3) is 11.3 Å². The number of ether oxygens (including phenoxy) is 2. The van der Waals surface area contributed by atoms with E-state index in [2.05, 4.69) is 9.97 Å². The molecule has 0 spiro atoms. The van der Waals surface area contributed by atoms with Crippen LogP contribution in [0.4, 0.5) is 0 Å². The molecule has 2 rings (SSSR count). The van der Waals surface area contributed by atoms with E-state index in [0.29, 0.717) is 24.1 Å². The van der Waals surface area contributed by atoms with Crippen LogP contribution in [0, 0.1) is 0 Å². The Morgan fingerprint density at radius 1 is 1.00 bits per heavy atom. The molecule has 0 fully saturated rings. The third-order valence-corrected chi connectivity index (χ3v) is 2.68. The van der Waals surface area contributed by atoms with Crippen LogP contribution in [-0.2, 0) is 0 Å². The van der Waals surface area contributed by atoms with E-state index < -0.39 is 0 Å². The quantitative estimate of drug-likeness (QED) is 0.784. The molecule has 0 N–H and O–H groups in total. The lowest BCUT2D eigenvalue weighted by Crippen LogP contribution is -1.98. The molecule has 100 valence electrons. The summed E-state index contributed by atoms with van der Waals surface area (Å²) in [6.45, 7) is 5.05. The molecule has 0 unspecified atom stereocenters. The number of halogens is 1. The van der Waals surface area contributed by atoms with E-state index in [9.17, 15) is 0 Å². The molecule has 0 atom stereocenters. The predicted octanol–water partition coefficient (Wildman–Crippen LogP) is 3.59. The van der Waals surface area contributed by atoms with Crippen molar-refractivity contribution in [3.63, 3.8) is 0 Å². The molecule has 2 aromatic rings. The summed E-state index contributed by atoms with van der Waals surface area (Å²) in [7, 11) is 0. The second-order valence-corrected chi connectivity index (χ2v) is 4.14. The third-order valence-electron chi connectivity index (χ3n) is 2.47. The first-order valence-electron chi connectivity index (χ1n) is 6.12. The van der Waals surface area contributed by atoms with Gasteiger partial charge in [0.05, 0.1) is 18.9 Å². The minimum absolute atomic E-state index is 0.414. The molecule has 0 amide bonds. The average Bonchev–Trinajstić information content (AvgIpc) is 2.41. The molecule has 1 heterocycles. The smallest absolute Gasteiger partial charge is 0.161 e. The lowest BCUT2D eigenvalue weighted by atomic mass is 10.1. The van der Waals surface area contributed by atoms with Crippen LogP contribution in [0.1, 0.15) is 13.8 Å². The fraction of sp³-hybridized carbons (Fsp3) is 0.286. The molecule has 5 heteroatoms. The first kappa shape index (κ1) is 13.6. The van der Waals surface area contributed by atoms with Crippen LogP contribution < -0.4 is 9.47 Å². The fourth-order valence-electron chi connectivity index (χ4n) is 1.70. The minimum Gasteiger partial charge on any atom is -0.490 e. The van der Waals surface area contributed by atoms with Gasteiger partial charge in [-0.3, -0.25) is 0 Å². The SMILES string of the molecule is CCOc1ccc(-c2cc(Cl)ncn2)cc1OCC. The Labute approximate surface area is 117 Å². The molecule has 0 saturated carbocycles. The zero-order valence-corrected chi connectivity index (χ0v) is 11.6. The topological polar surface area (TPSA) is 44.2 Å². The Morgan fingerprint density at radius 3 is 2.42 bits per heavy atom. The molecule has 0 aliphatic heterocycles. The average molecular weight is 279 g/mol. The lowest BCUT2D eigenvalue weighted by molar-refractivity contribution is 0.288. The summed E-state index contributed by atoms with van der Waals surface area (Å²) in [4.78, 5) is 8.06. The molecule has 4 nitrogen and oxygen atoms in total. The van der Waals surface area contributed by atoms with Gasteiger partial charge in [0.1, 0.15) is 11.5 Å². The van der Waals surface area contributed by atoms with E-state index in [1.807, 2.05) is 32.0 Å². The van der Waals surface area contributed by atoms with Crippen molar-refractivity contribution in [2.45, 2.75) is 13.8 Å². The van der Waals surface area contributed by atoms with Crippen LogP contribution in [0.2, 0.25) is 5.15 Å². The first-order valence-corrected chi connectivity index (χ1v) is 6.50. The van der Waals surface area contributed by atoms with Crippen LogP contribution in [-0.4, -0.2) is 23.2 Å². The normalized spacial score (nSPS) is 10.3. The minimum atomic E-state index is 0.414. The fourth-order valence-corrected chi connectivity index (χ4v) is 1.85. The summed E-state index contributed by atoms with van der Waals surface area (Å²) in [6, 6.07) is 7.41. The predicted molar refractivity (Wildman–Crippen MR) is 74.8 cm³/mol. The highest BCUT2D eigenvalue weighted by Crippen LogP contribution is 2.32. The molecule has 19 heavy (non-hydrogen) atoms. The molecule has 0 saturated heterocycles. The Bertz CT molecular complexity index is 561. The lowest BCUT2D eigenvalue weighted by Gasteiger charge is -2.12. The van der Waals surface area contributed by atoms with E-state index in [4.69, 9.17) is 21.1 Å². The Balaban J connectivity index is 2.39. The summed E-state index contributed by atoms with van der Waals surface area (Å²) in [5.41, 5.74) is 1.67. The zero-order valence-electron chi connectivity index (χ0n) is 10.9. The maximum Gasteiger partial charge on any atom is 0.161 e. The maximum absolute atomic E-state index is 5.87. The zero-order chi connectivity index (χ0) is 13.7. The van der Waals surface area contributed by atoms with Crippen LogP contribution in [0.15, 0.2) is 30.6 Å². The highest BCUT2D eigenvalue weighted by molar-refractivity contribution is 6.29. The summed E-state index contributed by atoms with van der Waals surface area (Å²) < 4.78 is 11.1. The number of nitrogens with zero attached hydrogens (tertiary/aromatic N) is 2. The second kappa shape index (κ2) is 6.38. The van der Waals surface area contributed by atoms with Gasteiger partial charge in [-0.05, 0) is 32.0 Å². The van der Waals surface area contributed by atoms with E-state index in [1.54, 1.807) is 6.07 Å². The number of hydrogen-bond acceptors (Lipinski definition) is 4. The standard InChI is InChI=1S/C14H15ClN2O2/c1-3-18-12-6-5-10(7-13(12)19-4-2)11-8-14(15)17-9-16-11/h5-9H,3-4H2,1-2H3. The number of benzene rings is 1. The number of hydrogen-bond donors (Lipinski definition) is 0. The van der Waals surface area contributed by atoms with Gasteiger partial charge in [0.15, 0.2) is 11.5 Å². The number of rotatable bonds is 5. The molecule has 1 aromatic carbocycles. The van der Waals surface area contributed by atoms with Crippen LogP contribution in [0.3, 0.4) is 0 Å². The molecule has 0 bridgehead atoms. The van der Waals surface area contributed by atoms with Gasteiger partial charge < -0.3 is 9.47 Å². The Morgan fingerprint density at radius 2 is 1.74 bits per heavy atom. The van der Waals surface area contributed by atoms with Crippen molar-refractivity contribution >= 4 is 11.6 Å². The summed E-state index contributed by atoms with van der Waals surface area (Å²) in [5.74, 6) is 1.44. The molecular weight excluding hydrogens is 264 g/mol. The molecule has 0 aliphatic rings. The van der Waals surface area contributed by atoms with Gasteiger partial charge in [-0.25, -0.2) is 9.97 Å². The van der Waals surface area contributed by atoms with Gasteiger partial charge >= 0.3 is 0 Å². The highest BCUT2D eigenvalue weighted by Gasteiger charge is 2.08. The van der Waals surface area contributed by atoms with Gasteiger partial charge in [0.25, 0.3) is 0 Å². The molecule has 1 aromatic heterocycles. The Hall–Kier alpha value is -1.81.